The number of nitrogens with one attached hydrogen (secondary N) is 1. The molecule has 9 nitrogen and oxygen atoms in total. The van der Waals surface area contributed by atoms with Gasteiger partial charge in [-0.25, -0.2) is 0 Å². The Kier molecular flexibility index (Phi) is 11.2. The van der Waals surface area contributed by atoms with Crippen LogP contribution in [0.25, 0.3) is 10.9 Å². The van der Waals surface area contributed by atoms with Gasteiger partial charge < -0.3 is 24.3 Å². The number of rotatable bonds is 10. The van der Waals surface area contributed by atoms with Gasteiger partial charge in [0.2, 0.25) is 5.91 Å². The molecule has 11 heteroatoms. The molecule has 1 aromatic heterocycles. The first-order valence-corrected chi connectivity index (χ1v) is 18.4. The summed E-state index contributed by atoms with van der Waals surface area (Å²) in [5, 5.41) is 4.49. The maximum absolute atomic E-state index is 14.3. The minimum absolute atomic E-state index is 0.00217. The van der Waals surface area contributed by atoms with E-state index >= 15 is 0 Å². The van der Waals surface area contributed by atoms with E-state index in [1.165, 1.54) is 7.11 Å². The third-order valence-corrected chi connectivity index (χ3v) is 12.0. The number of aryl methyl sites for hydroxylation is 1. The van der Waals surface area contributed by atoms with E-state index in [1.54, 1.807) is 25.4 Å². The number of para-hydroxylation sites is 1. The van der Waals surface area contributed by atoms with Crippen LogP contribution < -0.4 is 5.32 Å². The maximum atomic E-state index is 14.3. The lowest BCUT2D eigenvalue weighted by atomic mass is 9.78. The fourth-order valence-corrected chi connectivity index (χ4v) is 9.02. The number of piperidine rings is 1. The van der Waals surface area contributed by atoms with E-state index in [-0.39, 0.29) is 41.9 Å². The average Bonchev–Trinajstić information content (AvgIpc) is 3.71. The summed E-state index contributed by atoms with van der Waals surface area (Å²) in [5.74, 6) is 0.185. The van der Waals surface area contributed by atoms with Crippen molar-refractivity contribution in [3.8, 4) is 0 Å². The highest BCUT2D eigenvalue weighted by Gasteiger charge is 2.48. The van der Waals surface area contributed by atoms with Gasteiger partial charge in [0, 0.05) is 55.9 Å². The molecule has 0 spiro atoms. The van der Waals surface area contributed by atoms with Gasteiger partial charge in [0.05, 0.1) is 47.5 Å². The summed E-state index contributed by atoms with van der Waals surface area (Å²) in [6, 6.07) is 11.1. The van der Waals surface area contributed by atoms with Gasteiger partial charge in [0.15, 0.2) is 0 Å². The highest BCUT2D eigenvalue weighted by Crippen LogP contribution is 2.43. The van der Waals surface area contributed by atoms with Crippen LogP contribution >= 0.6 is 23.2 Å². The number of anilines is 1. The molecule has 3 aromatic rings. The number of hydrogen-bond donors (Lipinski definition) is 1. The molecule has 0 unspecified atom stereocenters. The average molecular weight is 712 g/mol. The number of ether oxygens (including phenoxy) is 2. The van der Waals surface area contributed by atoms with Gasteiger partial charge in [0.1, 0.15) is 0 Å². The lowest BCUT2D eigenvalue weighted by Gasteiger charge is -2.50. The number of likely N-dealkylation sites (tertiary alicyclic amines) is 2. The number of carbonyl (C=O) groups is 3. The minimum Gasteiger partial charge on any atom is -0.469 e. The monoisotopic (exact) mass is 710 g/mol. The lowest BCUT2D eigenvalue weighted by Crippen LogP contribution is -2.61. The van der Waals surface area contributed by atoms with E-state index in [2.05, 4.69) is 15.1 Å². The van der Waals surface area contributed by atoms with Gasteiger partial charge in [-0.15, -0.1) is 0 Å². The molecule has 3 aliphatic rings. The van der Waals surface area contributed by atoms with Crippen LogP contribution in [0.2, 0.25) is 10.0 Å². The second-order valence-electron chi connectivity index (χ2n) is 14.1. The molecule has 1 saturated carbocycles. The SMILES string of the molecule is COC(=O)C1CCC(CC[C@@]2(N3CCC(OC)CC3)CCCN2C(=O)Cc2cc(Cl)c(NC(=O)c3cn(C)c4ccccc34)cc2Cl)CC1. The largest absolute Gasteiger partial charge is 0.469 e. The molecule has 264 valence electrons. The number of carbonyl (C=O) groups excluding carboxylic acids is 3. The zero-order valence-corrected chi connectivity index (χ0v) is 30.3. The van der Waals surface area contributed by atoms with Gasteiger partial charge in [-0.3, -0.25) is 19.3 Å². The molecule has 49 heavy (non-hydrogen) atoms. The molecule has 2 aliphatic heterocycles. The molecule has 0 bridgehead atoms. The summed E-state index contributed by atoms with van der Waals surface area (Å²) in [5.41, 5.74) is 2.18. The van der Waals surface area contributed by atoms with Crippen LogP contribution in [0, 0.1) is 11.8 Å². The first kappa shape index (κ1) is 35.7. The number of benzene rings is 2. The fourth-order valence-electron chi connectivity index (χ4n) is 8.55. The van der Waals surface area contributed by atoms with E-state index in [0.717, 1.165) is 88.2 Å². The summed E-state index contributed by atoms with van der Waals surface area (Å²) < 4.78 is 12.6. The van der Waals surface area contributed by atoms with Crippen molar-refractivity contribution in [1.29, 1.82) is 0 Å². The van der Waals surface area contributed by atoms with Crippen LogP contribution in [0.15, 0.2) is 42.6 Å². The standard InChI is InChI=1S/C38H48Cl2N4O5/c1-42-24-30(29-7-4-5-8-34(29)42)36(46)41-33-23-31(39)27(21-32(33)40)22-35(45)44-18-6-16-38(44,43-19-14-28(48-2)15-20-43)17-13-25-9-11-26(12-10-25)37(47)49-3/h4-5,7-8,21,23-26,28H,6,9-20,22H2,1-3H3,(H,41,46)/t25?,26?,38-/m1/s1. The summed E-state index contributed by atoms with van der Waals surface area (Å²) in [6.07, 6.45) is 11.6. The van der Waals surface area contributed by atoms with Crippen LogP contribution in [-0.4, -0.2) is 77.8 Å². The van der Waals surface area contributed by atoms with E-state index in [9.17, 15) is 14.4 Å². The number of hydrogen-bond acceptors (Lipinski definition) is 6. The molecule has 0 radical (unpaired) electrons. The summed E-state index contributed by atoms with van der Waals surface area (Å²) in [7, 11) is 5.15. The van der Waals surface area contributed by atoms with E-state index < -0.39 is 0 Å². The van der Waals surface area contributed by atoms with E-state index in [0.29, 0.717) is 39.3 Å². The van der Waals surface area contributed by atoms with Gasteiger partial charge in [-0.2, -0.15) is 0 Å². The first-order chi connectivity index (χ1) is 23.6. The van der Waals surface area contributed by atoms with Crippen molar-refractivity contribution in [3.63, 3.8) is 0 Å². The number of halogens is 2. The Balaban J connectivity index is 1.17. The molecule has 1 N–H and O–H groups in total. The van der Waals surface area contributed by atoms with Gasteiger partial charge in [0.25, 0.3) is 5.91 Å². The quantitative estimate of drug-likeness (QED) is 0.220. The fraction of sp³-hybridized carbons (Fsp3) is 0.553. The topological polar surface area (TPSA) is 93.1 Å². The van der Waals surface area contributed by atoms with Crippen molar-refractivity contribution in [2.24, 2.45) is 18.9 Å². The zero-order valence-electron chi connectivity index (χ0n) is 28.8. The Bertz CT molecular complexity index is 1680. The smallest absolute Gasteiger partial charge is 0.308 e. The highest BCUT2D eigenvalue weighted by molar-refractivity contribution is 6.36. The Morgan fingerprint density at radius 1 is 0.959 bits per heavy atom. The zero-order chi connectivity index (χ0) is 34.7. The van der Waals surface area contributed by atoms with Crippen LogP contribution in [0.3, 0.4) is 0 Å². The molecule has 1 aliphatic carbocycles. The maximum Gasteiger partial charge on any atom is 0.308 e. The molecule has 3 fully saturated rings. The molecule has 2 aromatic carbocycles. The van der Waals surface area contributed by atoms with Crippen molar-refractivity contribution in [2.75, 3.05) is 39.2 Å². The second-order valence-corrected chi connectivity index (χ2v) is 14.9. The molecule has 6 rings (SSSR count). The Morgan fingerprint density at radius 3 is 2.41 bits per heavy atom. The van der Waals surface area contributed by atoms with Gasteiger partial charge >= 0.3 is 5.97 Å². The van der Waals surface area contributed by atoms with E-state index in [1.807, 2.05) is 35.9 Å². The summed E-state index contributed by atoms with van der Waals surface area (Å²) in [6.45, 7) is 2.47. The second kappa shape index (κ2) is 15.4. The third-order valence-electron chi connectivity index (χ3n) is 11.3. The Morgan fingerprint density at radius 2 is 1.69 bits per heavy atom. The minimum atomic E-state index is -0.363. The van der Waals surface area contributed by atoms with Crippen molar-refractivity contribution in [1.82, 2.24) is 14.4 Å². The Labute approximate surface area is 299 Å². The van der Waals surface area contributed by atoms with Crippen LogP contribution in [0.4, 0.5) is 5.69 Å². The number of fused-ring (bicyclic) bond motifs is 1. The third kappa shape index (κ3) is 7.51. The lowest BCUT2D eigenvalue weighted by molar-refractivity contribution is -0.148. The summed E-state index contributed by atoms with van der Waals surface area (Å²) in [4.78, 5) is 44.4. The predicted molar refractivity (Wildman–Crippen MR) is 193 cm³/mol. The van der Waals surface area contributed by atoms with Crippen LogP contribution in [-0.2, 0) is 32.5 Å². The molecular weight excluding hydrogens is 663 g/mol. The van der Waals surface area contributed by atoms with Crippen molar-refractivity contribution < 1.29 is 23.9 Å². The molecular formula is C38H48Cl2N4O5. The molecule has 1 atom stereocenters. The number of amides is 2. The van der Waals surface area contributed by atoms with Crippen molar-refractivity contribution in [2.45, 2.75) is 82.4 Å². The van der Waals surface area contributed by atoms with Crippen LogP contribution in [0.1, 0.15) is 80.1 Å². The van der Waals surface area contributed by atoms with Crippen LogP contribution in [0.5, 0.6) is 0 Å². The van der Waals surface area contributed by atoms with Crippen molar-refractivity contribution >= 4 is 57.6 Å². The Hall–Kier alpha value is -3.11. The van der Waals surface area contributed by atoms with E-state index in [4.69, 9.17) is 32.7 Å². The number of nitrogens with zero attached hydrogens (tertiary/aromatic N) is 3. The number of esters is 1. The number of methoxy groups -OCH3 is 2. The van der Waals surface area contributed by atoms with Crippen molar-refractivity contribution in [3.05, 3.63) is 63.8 Å². The normalized spacial score (nSPS) is 23.6. The predicted octanol–water partition coefficient (Wildman–Crippen LogP) is 7.47. The van der Waals surface area contributed by atoms with Gasteiger partial charge in [-0.05, 0) is 93.9 Å². The molecule has 3 heterocycles. The first-order valence-electron chi connectivity index (χ1n) is 17.6. The van der Waals surface area contributed by atoms with Gasteiger partial charge in [-0.1, -0.05) is 41.4 Å². The highest BCUT2D eigenvalue weighted by atomic mass is 35.5. The number of aromatic nitrogens is 1. The molecule has 2 saturated heterocycles. The molecule has 2 amide bonds. The summed E-state index contributed by atoms with van der Waals surface area (Å²) >= 11 is 13.5.